The predicted molar refractivity (Wildman–Crippen MR) is 52.4 cm³/mol. The summed E-state index contributed by atoms with van der Waals surface area (Å²) >= 11 is 3.13. The second kappa shape index (κ2) is 3.33. The lowest BCUT2D eigenvalue weighted by Crippen LogP contribution is -2.06. The van der Waals surface area contributed by atoms with Gasteiger partial charge in [0.1, 0.15) is 10.5 Å². The summed E-state index contributed by atoms with van der Waals surface area (Å²) in [5, 5.41) is 21.4. The number of rotatable bonds is 1. The number of hydrogen-bond acceptors (Lipinski definition) is 4. The molecule has 0 atom stereocenters. The Balaban J connectivity index is 2.89. The van der Waals surface area contributed by atoms with Gasteiger partial charge in [0.15, 0.2) is 17.0 Å². The summed E-state index contributed by atoms with van der Waals surface area (Å²) in [6.07, 6.45) is 1.35. The van der Waals surface area contributed by atoms with Crippen molar-refractivity contribution >= 4 is 27.5 Å². The molecule has 74 valence electrons. The fraction of sp³-hybridized carbons (Fsp3) is 0. The fourth-order valence-electron chi connectivity index (χ4n) is 1.15. The van der Waals surface area contributed by atoms with Gasteiger partial charge in [0, 0.05) is 6.20 Å². The second-order valence-corrected chi connectivity index (χ2v) is 3.44. The molecule has 0 unspecified atom stereocenters. The molecule has 0 saturated carbocycles. The minimum absolute atomic E-state index is 0.0396. The van der Waals surface area contributed by atoms with Crippen molar-refractivity contribution in [3.63, 3.8) is 0 Å². The standard InChI is InChI=1S/C8H3BrN4O2/c9-6-4(3-10)12-13-5(8(14)15)1-2-11-7(6)13/h1-2H,(H,14,15). The Morgan fingerprint density at radius 2 is 2.40 bits per heavy atom. The van der Waals surface area contributed by atoms with Crippen LogP contribution >= 0.6 is 15.9 Å². The number of carboxylic acid groups (broad SMARTS) is 1. The fourth-order valence-corrected chi connectivity index (χ4v) is 1.59. The van der Waals surface area contributed by atoms with Crippen LogP contribution < -0.4 is 0 Å². The van der Waals surface area contributed by atoms with Gasteiger partial charge in [-0.25, -0.2) is 14.3 Å². The Morgan fingerprint density at radius 3 is 3.00 bits per heavy atom. The van der Waals surface area contributed by atoms with E-state index < -0.39 is 5.97 Å². The van der Waals surface area contributed by atoms with E-state index in [1.807, 2.05) is 6.07 Å². The summed E-state index contributed by atoms with van der Waals surface area (Å²) in [5.74, 6) is -1.12. The smallest absolute Gasteiger partial charge is 0.354 e. The Bertz CT molecular complexity index is 598. The summed E-state index contributed by atoms with van der Waals surface area (Å²) in [4.78, 5) is 14.8. The van der Waals surface area contributed by atoms with Crippen LogP contribution in [0, 0.1) is 11.3 Å². The highest BCUT2D eigenvalue weighted by Crippen LogP contribution is 2.20. The van der Waals surface area contributed by atoms with E-state index in [1.165, 1.54) is 12.3 Å². The Labute approximate surface area is 91.9 Å². The van der Waals surface area contributed by atoms with Crippen molar-refractivity contribution < 1.29 is 9.90 Å². The number of carboxylic acids is 1. The van der Waals surface area contributed by atoms with Crippen LogP contribution in [-0.2, 0) is 0 Å². The van der Waals surface area contributed by atoms with Gasteiger partial charge in [0.05, 0.1) is 0 Å². The van der Waals surface area contributed by atoms with Crippen molar-refractivity contribution in [2.75, 3.05) is 0 Å². The molecule has 0 aliphatic heterocycles. The molecule has 2 aromatic heterocycles. The maximum absolute atomic E-state index is 10.8. The lowest BCUT2D eigenvalue weighted by Gasteiger charge is -1.96. The third kappa shape index (κ3) is 1.35. The molecule has 0 aliphatic carbocycles. The minimum Gasteiger partial charge on any atom is -0.477 e. The summed E-state index contributed by atoms with van der Waals surface area (Å²) < 4.78 is 1.51. The van der Waals surface area contributed by atoms with E-state index >= 15 is 0 Å². The molecule has 7 heteroatoms. The predicted octanol–water partition coefficient (Wildman–Crippen LogP) is 1.06. The molecular formula is C8H3BrN4O2. The molecule has 0 amide bonds. The molecule has 0 bridgehead atoms. The largest absolute Gasteiger partial charge is 0.477 e. The topological polar surface area (TPSA) is 91.3 Å². The van der Waals surface area contributed by atoms with Crippen LogP contribution in [0.5, 0.6) is 0 Å². The highest BCUT2D eigenvalue weighted by Gasteiger charge is 2.16. The van der Waals surface area contributed by atoms with Crippen molar-refractivity contribution in [2.24, 2.45) is 0 Å². The van der Waals surface area contributed by atoms with Crippen LogP contribution in [0.4, 0.5) is 0 Å². The summed E-state index contributed by atoms with van der Waals surface area (Å²) in [7, 11) is 0. The molecule has 0 radical (unpaired) electrons. The normalized spacial score (nSPS) is 10.1. The molecule has 1 N–H and O–H groups in total. The van der Waals surface area contributed by atoms with Crippen LogP contribution in [0.1, 0.15) is 16.2 Å². The first-order chi connectivity index (χ1) is 7.15. The highest BCUT2D eigenvalue weighted by atomic mass is 79.9. The average Bonchev–Trinajstić information content (AvgIpc) is 2.55. The van der Waals surface area contributed by atoms with Gasteiger partial charge >= 0.3 is 5.97 Å². The van der Waals surface area contributed by atoms with Crippen LogP contribution in [0.3, 0.4) is 0 Å². The van der Waals surface area contributed by atoms with Crippen molar-refractivity contribution in [1.29, 1.82) is 5.26 Å². The number of nitriles is 1. The van der Waals surface area contributed by atoms with Crippen molar-refractivity contribution in [1.82, 2.24) is 14.6 Å². The van der Waals surface area contributed by atoms with Gasteiger partial charge in [0.2, 0.25) is 0 Å². The van der Waals surface area contributed by atoms with Gasteiger partial charge < -0.3 is 5.11 Å². The monoisotopic (exact) mass is 266 g/mol. The zero-order chi connectivity index (χ0) is 11.0. The summed E-state index contributed by atoms with van der Waals surface area (Å²) in [5.41, 5.74) is 0.379. The van der Waals surface area contributed by atoms with E-state index in [0.717, 1.165) is 4.52 Å². The van der Waals surface area contributed by atoms with Crippen LogP contribution in [0.15, 0.2) is 16.7 Å². The Morgan fingerprint density at radius 1 is 1.67 bits per heavy atom. The average molecular weight is 267 g/mol. The Kier molecular flexibility index (Phi) is 2.13. The van der Waals surface area contributed by atoms with Gasteiger partial charge in [-0.05, 0) is 22.0 Å². The quantitative estimate of drug-likeness (QED) is 0.834. The first kappa shape index (κ1) is 9.61. The van der Waals surface area contributed by atoms with E-state index in [2.05, 4.69) is 26.0 Å². The van der Waals surface area contributed by atoms with Gasteiger partial charge in [-0.1, -0.05) is 0 Å². The van der Waals surface area contributed by atoms with E-state index in [4.69, 9.17) is 10.4 Å². The lowest BCUT2D eigenvalue weighted by molar-refractivity contribution is 0.0687. The number of nitrogens with zero attached hydrogens (tertiary/aromatic N) is 4. The minimum atomic E-state index is -1.12. The number of carbonyl (C=O) groups is 1. The van der Waals surface area contributed by atoms with Crippen LogP contribution in [0.2, 0.25) is 0 Å². The van der Waals surface area contributed by atoms with Crippen molar-refractivity contribution in [2.45, 2.75) is 0 Å². The van der Waals surface area contributed by atoms with Crippen molar-refractivity contribution in [3.05, 3.63) is 28.1 Å². The van der Waals surface area contributed by atoms with E-state index in [-0.39, 0.29) is 11.4 Å². The third-order valence-corrected chi connectivity index (χ3v) is 2.52. The molecular weight excluding hydrogens is 264 g/mol. The maximum atomic E-state index is 10.8. The van der Waals surface area contributed by atoms with Crippen LogP contribution in [-0.4, -0.2) is 25.7 Å². The maximum Gasteiger partial charge on any atom is 0.354 e. The third-order valence-electron chi connectivity index (χ3n) is 1.79. The van der Waals surface area contributed by atoms with Gasteiger partial charge in [-0.15, -0.1) is 0 Å². The van der Waals surface area contributed by atoms with E-state index in [9.17, 15) is 4.79 Å². The molecule has 2 heterocycles. The molecule has 0 aliphatic rings. The number of fused-ring (bicyclic) bond motifs is 1. The summed E-state index contributed by atoms with van der Waals surface area (Å²) in [6, 6.07) is 3.15. The lowest BCUT2D eigenvalue weighted by atomic mass is 10.4. The number of aromatic carboxylic acids is 1. The zero-order valence-electron chi connectivity index (χ0n) is 7.18. The Hall–Kier alpha value is -1.94. The number of halogens is 1. The zero-order valence-corrected chi connectivity index (χ0v) is 8.76. The molecule has 0 fully saturated rings. The van der Waals surface area contributed by atoms with Gasteiger partial charge in [0.25, 0.3) is 0 Å². The van der Waals surface area contributed by atoms with E-state index in [0.29, 0.717) is 10.1 Å². The molecule has 0 spiro atoms. The summed E-state index contributed by atoms with van der Waals surface area (Å²) in [6.45, 7) is 0. The van der Waals surface area contributed by atoms with Gasteiger partial charge in [-0.2, -0.15) is 10.4 Å². The SMILES string of the molecule is N#Cc1nn2c(C(=O)O)ccnc2c1Br. The molecule has 0 saturated heterocycles. The molecule has 15 heavy (non-hydrogen) atoms. The van der Waals surface area contributed by atoms with E-state index in [1.54, 1.807) is 0 Å². The molecule has 6 nitrogen and oxygen atoms in total. The number of aromatic nitrogens is 3. The second-order valence-electron chi connectivity index (χ2n) is 2.65. The number of hydrogen-bond donors (Lipinski definition) is 1. The molecule has 2 rings (SSSR count). The first-order valence-electron chi connectivity index (χ1n) is 3.81. The van der Waals surface area contributed by atoms with Gasteiger partial charge in [-0.3, -0.25) is 0 Å². The van der Waals surface area contributed by atoms with Crippen molar-refractivity contribution in [3.8, 4) is 6.07 Å². The molecule has 0 aromatic carbocycles. The first-order valence-corrected chi connectivity index (χ1v) is 4.61. The molecule has 2 aromatic rings. The highest BCUT2D eigenvalue weighted by molar-refractivity contribution is 9.10. The van der Waals surface area contributed by atoms with Crippen LogP contribution in [0.25, 0.3) is 5.65 Å².